The summed E-state index contributed by atoms with van der Waals surface area (Å²) < 4.78 is 0. The van der Waals surface area contributed by atoms with E-state index in [9.17, 15) is 4.79 Å². The Bertz CT molecular complexity index is 418. The van der Waals surface area contributed by atoms with Crippen LogP contribution in [0.1, 0.15) is 34.8 Å². The van der Waals surface area contributed by atoms with Crippen LogP contribution in [0.5, 0.6) is 0 Å². The lowest BCUT2D eigenvalue weighted by atomic mass is 9.97. The fraction of sp³-hybridized carbons (Fsp3) is 0.462. The van der Waals surface area contributed by atoms with Crippen molar-refractivity contribution in [1.82, 2.24) is 10.4 Å². The number of benzene rings is 1. The highest BCUT2D eigenvalue weighted by Crippen LogP contribution is 2.20. The van der Waals surface area contributed by atoms with Gasteiger partial charge in [0.15, 0.2) is 0 Å². The SMILES string of the molecule is CCCN1CCc2cc(C(=O)NO)ccc2C1. The summed E-state index contributed by atoms with van der Waals surface area (Å²) in [7, 11) is 0. The number of fused-ring (bicyclic) bond motifs is 1. The molecule has 1 aliphatic heterocycles. The summed E-state index contributed by atoms with van der Waals surface area (Å²) in [5.74, 6) is -0.441. The molecule has 1 aromatic rings. The van der Waals surface area contributed by atoms with Crippen molar-refractivity contribution in [1.29, 1.82) is 0 Å². The maximum absolute atomic E-state index is 11.3. The Kier molecular flexibility index (Phi) is 3.76. The van der Waals surface area contributed by atoms with Crippen LogP contribution in [-0.2, 0) is 13.0 Å². The van der Waals surface area contributed by atoms with Gasteiger partial charge in [0.05, 0.1) is 0 Å². The highest BCUT2D eigenvalue weighted by Gasteiger charge is 2.16. The van der Waals surface area contributed by atoms with E-state index in [2.05, 4.69) is 11.8 Å². The normalized spacial score (nSPS) is 15.4. The Balaban J connectivity index is 2.16. The van der Waals surface area contributed by atoms with E-state index < -0.39 is 5.91 Å². The summed E-state index contributed by atoms with van der Waals surface area (Å²) in [6.07, 6.45) is 2.14. The number of hydroxylamine groups is 1. The molecule has 0 aliphatic carbocycles. The van der Waals surface area contributed by atoms with Crippen molar-refractivity contribution in [3.05, 3.63) is 34.9 Å². The molecule has 1 aromatic carbocycles. The molecule has 92 valence electrons. The van der Waals surface area contributed by atoms with Crippen molar-refractivity contribution in [2.45, 2.75) is 26.3 Å². The van der Waals surface area contributed by atoms with Gasteiger partial charge in [0.25, 0.3) is 5.91 Å². The van der Waals surface area contributed by atoms with Gasteiger partial charge in [0.2, 0.25) is 0 Å². The number of carbonyl (C=O) groups is 1. The maximum atomic E-state index is 11.3. The molecule has 0 radical (unpaired) electrons. The molecule has 0 bridgehead atoms. The molecule has 1 heterocycles. The Morgan fingerprint density at radius 3 is 3.00 bits per heavy atom. The van der Waals surface area contributed by atoms with E-state index >= 15 is 0 Å². The summed E-state index contributed by atoms with van der Waals surface area (Å²) in [6.45, 7) is 5.32. The molecule has 0 fully saturated rings. The van der Waals surface area contributed by atoms with Gasteiger partial charge in [-0.1, -0.05) is 13.0 Å². The fourth-order valence-electron chi connectivity index (χ4n) is 2.32. The number of hydrogen-bond donors (Lipinski definition) is 2. The van der Waals surface area contributed by atoms with Crippen LogP contribution in [0.3, 0.4) is 0 Å². The van der Waals surface area contributed by atoms with Crippen LogP contribution in [0, 0.1) is 0 Å². The number of rotatable bonds is 3. The second kappa shape index (κ2) is 5.29. The third-order valence-corrected chi connectivity index (χ3v) is 3.20. The standard InChI is InChI=1S/C13H18N2O2/c1-2-6-15-7-5-10-8-11(13(16)14-17)3-4-12(10)9-15/h3-4,8,17H,2,5-7,9H2,1H3,(H,14,16). The first-order valence-electron chi connectivity index (χ1n) is 6.03. The quantitative estimate of drug-likeness (QED) is 0.616. The summed E-state index contributed by atoms with van der Waals surface area (Å²) in [6, 6.07) is 5.63. The average Bonchev–Trinajstić information content (AvgIpc) is 2.37. The van der Waals surface area contributed by atoms with E-state index in [0.717, 1.165) is 26.1 Å². The number of amides is 1. The number of hydrogen-bond acceptors (Lipinski definition) is 3. The topological polar surface area (TPSA) is 52.6 Å². The molecule has 4 nitrogen and oxygen atoms in total. The molecular weight excluding hydrogens is 216 g/mol. The largest absolute Gasteiger partial charge is 0.299 e. The van der Waals surface area contributed by atoms with Crippen LogP contribution in [-0.4, -0.2) is 29.1 Å². The molecule has 0 atom stereocenters. The molecule has 0 unspecified atom stereocenters. The monoisotopic (exact) mass is 234 g/mol. The van der Waals surface area contributed by atoms with E-state index in [0.29, 0.717) is 5.56 Å². The first-order valence-corrected chi connectivity index (χ1v) is 6.03. The minimum Gasteiger partial charge on any atom is -0.299 e. The van der Waals surface area contributed by atoms with Gasteiger partial charge in [-0.25, -0.2) is 5.48 Å². The summed E-state index contributed by atoms with van der Waals surface area (Å²) in [5, 5.41) is 8.60. The number of carbonyl (C=O) groups excluding carboxylic acids is 1. The van der Waals surface area contributed by atoms with Gasteiger partial charge in [-0.3, -0.25) is 14.9 Å². The first-order chi connectivity index (χ1) is 8.24. The Morgan fingerprint density at radius 2 is 2.29 bits per heavy atom. The van der Waals surface area contributed by atoms with Crippen LogP contribution in [0.4, 0.5) is 0 Å². The van der Waals surface area contributed by atoms with Gasteiger partial charge >= 0.3 is 0 Å². The molecule has 0 saturated carbocycles. The van der Waals surface area contributed by atoms with Crippen molar-refractivity contribution >= 4 is 5.91 Å². The molecule has 0 saturated heterocycles. The predicted octanol–water partition coefficient (Wildman–Crippen LogP) is 1.57. The van der Waals surface area contributed by atoms with Gasteiger partial charge in [-0.15, -0.1) is 0 Å². The van der Waals surface area contributed by atoms with Crippen molar-refractivity contribution < 1.29 is 10.0 Å². The lowest BCUT2D eigenvalue weighted by Crippen LogP contribution is -2.31. The second-order valence-corrected chi connectivity index (χ2v) is 4.45. The lowest BCUT2D eigenvalue weighted by Gasteiger charge is -2.28. The van der Waals surface area contributed by atoms with Crippen LogP contribution < -0.4 is 5.48 Å². The number of nitrogens with zero attached hydrogens (tertiary/aromatic N) is 1. The van der Waals surface area contributed by atoms with Gasteiger partial charge in [-0.05, 0) is 42.6 Å². The fourth-order valence-corrected chi connectivity index (χ4v) is 2.32. The maximum Gasteiger partial charge on any atom is 0.274 e. The molecule has 0 aromatic heterocycles. The predicted molar refractivity (Wildman–Crippen MR) is 65.0 cm³/mol. The summed E-state index contributed by atoms with van der Waals surface area (Å²) in [4.78, 5) is 13.7. The Hall–Kier alpha value is -1.39. The minimum absolute atomic E-state index is 0.441. The van der Waals surface area contributed by atoms with E-state index in [-0.39, 0.29) is 0 Å². The number of nitrogens with one attached hydrogen (secondary N) is 1. The van der Waals surface area contributed by atoms with Crippen molar-refractivity contribution in [3.63, 3.8) is 0 Å². The molecule has 1 aliphatic rings. The van der Waals surface area contributed by atoms with Crippen LogP contribution >= 0.6 is 0 Å². The van der Waals surface area contributed by atoms with Crippen LogP contribution in [0.15, 0.2) is 18.2 Å². The van der Waals surface area contributed by atoms with Gasteiger partial charge < -0.3 is 0 Å². The Morgan fingerprint density at radius 1 is 1.47 bits per heavy atom. The Labute approximate surface area is 101 Å². The third-order valence-electron chi connectivity index (χ3n) is 3.20. The molecule has 0 spiro atoms. The van der Waals surface area contributed by atoms with Crippen LogP contribution in [0.25, 0.3) is 0 Å². The first kappa shape index (κ1) is 12.1. The molecule has 2 N–H and O–H groups in total. The molecule has 1 amide bonds. The van der Waals surface area contributed by atoms with Gasteiger partial charge in [-0.2, -0.15) is 0 Å². The highest BCUT2D eigenvalue weighted by atomic mass is 16.5. The highest BCUT2D eigenvalue weighted by molar-refractivity contribution is 5.93. The van der Waals surface area contributed by atoms with Gasteiger partial charge in [0, 0.05) is 18.7 Å². The third kappa shape index (κ3) is 2.65. The lowest BCUT2D eigenvalue weighted by molar-refractivity contribution is 0.0706. The van der Waals surface area contributed by atoms with Crippen LogP contribution in [0.2, 0.25) is 0 Å². The molecular formula is C13H18N2O2. The molecule has 2 rings (SSSR count). The van der Waals surface area contributed by atoms with Crippen molar-refractivity contribution in [2.24, 2.45) is 0 Å². The van der Waals surface area contributed by atoms with Crippen molar-refractivity contribution in [2.75, 3.05) is 13.1 Å². The molecule has 17 heavy (non-hydrogen) atoms. The van der Waals surface area contributed by atoms with E-state index in [4.69, 9.17) is 5.21 Å². The average molecular weight is 234 g/mol. The van der Waals surface area contributed by atoms with E-state index in [1.807, 2.05) is 12.1 Å². The minimum atomic E-state index is -0.441. The van der Waals surface area contributed by atoms with E-state index in [1.165, 1.54) is 17.5 Å². The zero-order chi connectivity index (χ0) is 12.3. The van der Waals surface area contributed by atoms with E-state index in [1.54, 1.807) is 11.5 Å². The van der Waals surface area contributed by atoms with Crippen molar-refractivity contribution in [3.8, 4) is 0 Å². The zero-order valence-electron chi connectivity index (χ0n) is 10.1. The molecule has 4 heteroatoms. The van der Waals surface area contributed by atoms with Gasteiger partial charge in [0.1, 0.15) is 0 Å². The summed E-state index contributed by atoms with van der Waals surface area (Å²) in [5.41, 5.74) is 4.70. The second-order valence-electron chi connectivity index (χ2n) is 4.45. The zero-order valence-corrected chi connectivity index (χ0v) is 10.1. The smallest absolute Gasteiger partial charge is 0.274 e. The summed E-state index contributed by atoms with van der Waals surface area (Å²) >= 11 is 0.